The molecule has 0 spiro atoms. The number of hydrogen-bond acceptors (Lipinski definition) is 3. The van der Waals surface area contributed by atoms with Gasteiger partial charge in [0.25, 0.3) is 0 Å². The fourth-order valence-electron chi connectivity index (χ4n) is 4.22. The first kappa shape index (κ1) is 14.3. The number of nitrogens with two attached hydrogens (primary N) is 1. The second kappa shape index (κ2) is 5.60. The molecule has 112 valence electrons. The van der Waals surface area contributed by atoms with Gasteiger partial charge < -0.3 is 15.4 Å². The van der Waals surface area contributed by atoms with Gasteiger partial charge in [0.2, 0.25) is 5.91 Å². The van der Waals surface area contributed by atoms with E-state index >= 15 is 0 Å². The van der Waals surface area contributed by atoms with Crippen LogP contribution in [-0.2, 0) is 9.53 Å². The summed E-state index contributed by atoms with van der Waals surface area (Å²) in [6, 6.07) is 0.435. The summed E-state index contributed by atoms with van der Waals surface area (Å²) in [7, 11) is 0. The highest BCUT2D eigenvalue weighted by molar-refractivity contribution is 7.80. The number of fused-ring (bicyclic) bond motifs is 1. The summed E-state index contributed by atoms with van der Waals surface area (Å²) in [4.78, 5) is 15.6. The molecule has 5 heteroatoms. The molecule has 20 heavy (non-hydrogen) atoms. The van der Waals surface area contributed by atoms with Crippen molar-refractivity contribution in [2.45, 2.75) is 51.0 Å². The van der Waals surface area contributed by atoms with Gasteiger partial charge in [-0.3, -0.25) is 4.79 Å². The fourth-order valence-corrected chi connectivity index (χ4v) is 4.51. The second-order valence-electron chi connectivity index (χ2n) is 6.46. The standard InChI is InChI=1S/C15H24N2O2S/c16-13(20)15(6-9-19-10-7-15)14(18)17-8-5-11-3-1-2-4-12(11)17/h11-12H,1-10H2,(H2,16,20). The summed E-state index contributed by atoms with van der Waals surface area (Å²) in [5.74, 6) is 0.888. The molecule has 3 rings (SSSR count). The Morgan fingerprint density at radius 3 is 2.60 bits per heavy atom. The van der Waals surface area contributed by atoms with Crippen LogP contribution in [0.2, 0.25) is 0 Å². The molecule has 2 saturated heterocycles. The van der Waals surface area contributed by atoms with Gasteiger partial charge in [-0.05, 0) is 38.0 Å². The van der Waals surface area contributed by atoms with Crippen molar-refractivity contribution in [2.24, 2.45) is 17.1 Å². The van der Waals surface area contributed by atoms with Crippen molar-refractivity contribution in [1.82, 2.24) is 4.90 Å². The van der Waals surface area contributed by atoms with Gasteiger partial charge in [0.05, 0.1) is 4.99 Å². The number of hydrogen-bond donors (Lipinski definition) is 1. The van der Waals surface area contributed by atoms with E-state index in [1.807, 2.05) is 0 Å². The Bertz CT molecular complexity index is 407. The summed E-state index contributed by atoms with van der Waals surface area (Å²) in [5, 5.41) is 0. The van der Waals surface area contributed by atoms with Crippen LogP contribution in [0.4, 0.5) is 0 Å². The summed E-state index contributed by atoms with van der Waals surface area (Å²) in [5.41, 5.74) is 5.33. The number of likely N-dealkylation sites (tertiary alicyclic amines) is 1. The van der Waals surface area contributed by atoms with Crippen LogP contribution < -0.4 is 5.73 Å². The number of thiocarbonyl (C=S) groups is 1. The highest BCUT2D eigenvalue weighted by Gasteiger charge is 2.49. The van der Waals surface area contributed by atoms with Crippen LogP contribution in [0, 0.1) is 11.3 Å². The number of rotatable bonds is 2. The molecule has 3 fully saturated rings. The first-order valence-electron chi connectivity index (χ1n) is 7.84. The molecule has 2 atom stereocenters. The molecule has 0 bridgehead atoms. The highest BCUT2D eigenvalue weighted by Crippen LogP contribution is 2.41. The van der Waals surface area contributed by atoms with Crippen molar-refractivity contribution in [3.8, 4) is 0 Å². The lowest BCUT2D eigenvalue weighted by molar-refractivity contribution is -0.144. The maximum atomic E-state index is 13.1. The van der Waals surface area contributed by atoms with E-state index in [1.54, 1.807) is 0 Å². The number of amides is 1. The van der Waals surface area contributed by atoms with Gasteiger partial charge in [0.1, 0.15) is 5.41 Å². The predicted molar refractivity (Wildman–Crippen MR) is 81.3 cm³/mol. The van der Waals surface area contributed by atoms with Gasteiger partial charge in [-0.2, -0.15) is 0 Å². The Labute approximate surface area is 126 Å². The SMILES string of the molecule is NC(=S)C1(C(=O)N2CCC3CCCCC32)CCOCC1. The molecule has 1 aliphatic carbocycles. The quantitative estimate of drug-likeness (QED) is 0.790. The Hall–Kier alpha value is -0.680. The Morgan fingerprint density at radius 2 is 1.90 bits per heavy atom. The first-order chi connectivity index (χ1) is 9.65. The van der Waals surface area contributed by atoms with Crippen LogP contribution in [0.3, 0.4) is 0 Å². The van der Waals surface area contributed by atoms with Crippen molar-refractivity contribution in [3.63, 3.8) is 0 Å². The smallest absolute Gasteiger partial charge is 0.236 e. The molecular weight excluding hydrogens is 272 g/mol. The summed E-state index contributed by atoms with van der Waals surface area (Å²) in [6.45, 7) is 2.06. The van der Waals surface area contributed by atoms with E-state index in [0.717, 1.165) is 19.4 Å². The van der Waals surface area contributed by atoms with Gasteiger partial charge >= 0.3 is 0 Å². The van der Waals surface area contributed by atoms with Gasteiger partial charge in [0.15, 0.2) is 0 Å². The average Bonchev–Trinajstić information content (AvgIpc) is 2.91. The van der Waals surface area contributed by atoms with E-state index in [4.69, 9.17) is 22.7 Å². The summed E-state index contributed by atoms with van der Waals surface area (Å²) < 4.78 is 5.41. The Morgan fingerprint density at radius 1 is 1.20 bits per heavy atom. The predicted octanol–water partition coefficient (Wildman–Crippen LogP) is 1.86. The number of nitrogens with zero attached hydrogens (tertiary/aromatic N) is 1. The third kappa shape index (κ3) is 2.25. The van der Waals surface area contributed by atoms with Crippen molar-refractivity contribution in [1.29, 1.82) is 0 Å². The highest BCUT2D eigenvalue weighted by atomic mass is 32.1. The minimum Gasteiger partial charge on any atom is -0.392 e. The van der Waals surface area contributed by atoms with Crippen LogP contribution in [0.25, 0.3) is 0 Å². The lowest BCUT2D eigenvalue weighted by Gasteiger charge is -2.41. The molecule has 3 aliphatic rings. The van der Waals surface area contributed by atoms with E-state index in [0.29, 0.717) is 43.0 Å². The lowest BCUT2D eigenvalue weighted by atomic mass is 9.77. The second-order valence-corrected chi connectivity index (χ2v) is 6.90. The van der Waals surface area contributed by atoms with E-state index in [-0.39, 0.29) is 5.91 Å². The minimum atomic E-state index is -0.639. The monoisotopic (exact) mass is 296 g/mol. The van der Waals surface area contributed by atoms with Crippen molar-refractivity contribution < 1.29 is 9.53 Å². The molecule has 0 aromatic rings. The van der Waals surface area contributed by atoms with Gasteiger partial charge in [-0.25, -0.2) is 0 Å². The van der Waals surface area contributed by atoms with E-state index in [1.165, 1.54) is 19.3 Å². The van der Waals surface area contributed by atoms with Crippen LogP contribution in [0.5, 0.6) is 0 Å². The van der Waals surface area contributed by atoms with Gasteiger partial charge in [-0.1, -0.05) is 25.1 Å². The largest absolute Gasteiger partial charge is 0.392 e. The molecule has 0 radical (unpaired) electrons. The van der Waals surface area contributed by atoms with Crippen molar-refractivity contribution in [3.05, 3.63) is 0 Å². The average molecular weight is 296 g/mol. The zero-order valence-corrected chi connectivity index (χ0v) is 12.8. The maximum Gasteiger partial charge on any atom is 0.236 e. The fraction of sp³-hybridized carbons (Fsp3) is 0.867. The molecular formula is C15H24N2O2S. The van der Waals surface area contributed by atoms with E-state index in [9.17, 15) is 4.79 Å². The minimum absolute atomic E-state index is 0.183. The topological polar surface area (TPSA) is 55.6 Å². The molecule has 4 nitrogen and oxygen atoms in total. The molecule has 1 amide bonds. The van der Waals surface area contributed by atoms with Gasteiger partial charge in [-0.15, -0.1) is 0 Å². The number of carbonyl (C=O) groups excluding carboxylic acids is 1. The molecule has 0 aromatic carbocycles. The Kier molecular flexibility index (Phi) is 4.00. The molecule has 0 aromatic heterocycles. The summed E-state index contributed by atoms with van der Waals surface area (Å²) in [6.07, 6.45) is 7.44. The normalized spacial score (nSPS) is 32.7. The van der Waals surface area contributed by atoms with Crippen molar-refractivity contribution >= 4 is 23.1 Å². The zero-order valence-electron chi connectivity index (χ0n) is 12.0. The van der Waals surface area contributed by atoms with Crippen molar-refractivity contribution in [2.75, 3.05) is 19.8 Å². The number of carbonyl (C=O) groups is 1. The number of ether oxygens (including phenoxy) is 1. The lowest BCUT2D eigenvalue weighted by Crippen LogP contribution is -2.55. The molecule has 2 N–H and O–H groups in total. The molecule has 2 aliphatic heterocycles. The van der Waals surface area contributed by atoms with Crippen LogP contribution >= 0.6 is 12.2 Å². The molecule has 1 saturated carbocycles. The Balaban J connectivity index is 1.81. The van der Waals surface area contributed by atoms with Crippen LogP contribution in [0.1, 0.15) is 44.9 Å². The van der Waals surface area contributed by atoms with Crippen LogP contribution in [-0.4, -0.2) is 41.6 Å². The van der Waals surface area contributed by atoms with Gasteiger partial charge in [0, 0.05) is 25.8 Å². The molecule has 2 unspecified atom stereocenters. The van der Waals surface area contributed by atoms with Crippen LogP contribution in [0.15, 0.2) is 0 Å². The first-order valence-corrected chi connectivity index (χ1v) is 8.25. The maximum absolute atomic E-state index is 13.1. The molecule has 2 heterocycles. The third-order valence-electron chi connectivity index (χ3n) is 5.50. The summed E-state index contributed by atoms with van der Waals surface area (Å²) >= 11 is 5.26. The third-order valence-corrected chi connectivity index (χ3v) is 5.89. The zero-order chi connectivity index (χ0) is 14.2. The van der Waals surface area contributed by atoms with E-state index in [2.05, 4.69) is 4.90 Å². The van der Waals surface area contributed by atoms with E-state index < -0.39 is 5.41 Å².